The first-order valence-electron chi connectivity index (χ1n) is 6.97. The lowest BCUT2D eigenvalue weighted by molar-refractivity contribution is 0.318. The average molecular weight is 272 g/mol. The molecule has 1 unspecified atom stereocenters. The third-order valence-corrected chi connectivity index (χ3v) is 3.77. The lowest BCUT2D eigenvalue weighted by atomic mass is 9.97. The van der Waals surface area contributed by atoms with Crippen LogP contribution in [0.4, 0.5) is 0 Å². The van der Waals surface area contributed by atoms with Crippen molar-refractivity contribution in [1.29, 1.82) is 0 Å². The number of hydrogen-bond donors (Lipinski definition) is 1. The monoisotopic (exact) mass is 272 g/mol. The molecule has 0 spiro atoms. The summed E-state index contributed by atoms with van der Waals surface area (Å²) in [5.74, 6) is 0.416. The Kier molecular flexibility index (Phi) is 3.44. The molecule has 1 atom stereocenters. The highest BCUT2D eigenvalue weighted by molar-refractivity contribution is 5.28. The lowest BCUT2D eigenvalue weighted by Gasteiger charge is -2.28. The first-order chi connectivity index (χ1) is 9.70. The minimum Gasteiger partial charge on any atom is -0.468 e. The van der Waals surface area contributed by atoms with E-state index in [1.54, 1.807) is 7.11 Å². The maximum atomic E-state index is 5.32. The maximum absolute atomic E-state index is 5.32. The number of hydrogen-bond acceptors (Lipinski definition) is 4. The van der Waals surface area contributed by atoms with Crippen LogP contribution in [0.5, 0.6) is 6.01 Å². The topological polar surface area (TPSA) is 52.0 Å². The number of imidazole rings is 1. The summed E-state index contributed by atoms with van der Waals surface area (Å²) in [4.78, 5) is 8.83. The number of nitrogens with zero attached hydrogens (tertiary/aromatic N) is 3. The zero-order valence-corrected chi connectivity index (χ0v) is 12.1. The molecule has 5 heteroatoms. The zero-order chi connectivity index (χ0) is 14.1. The molecule has 0 saturated heterocycles. The van der Waals surface area contributed by atoms with Gasteiger partial charge in [0.1, 0.15) is 0 Å². The van der Waals surface area contributed by atoms with Gasteiger partial charge in [0.25, 0.3) is 6.01 Å². The molecule has 0 aliphatic carbocycles. The molecule has 0 bridgehead atoms. The summed E-state index contributed by atoms with van der Waals surface area (Å²) in [5.41, 5.74) is 3.59. The molecule has 0 saturated carbocycles. The normalized spacial score (nSPS) is 18.1. The number of pyridine rings is 1. The quantitative estimate of drug-likeness (QED) is 0.931. The number of ether oxygens (including phenoxy) is 1. The number of methoxy groups -OCH3 is 1. The molecule has 3 rings (SSSR count). The fraction of sp³-hybridized carbons (Fsp3) is 0.467. The largest absolute Gasteiger partial charge is 0.468 e. The smallest absolute Gasteiger partial charge is 0.296 e. The number of aromatic nitrogens is 3. The molecule has 1 aliphatic rings. The molecule has 3 heterocycles. The van der Waals surface area contributed by atoms with Crippen LogP contribution in [-0.2, 0) is 13.1 Å². The average Bonchev–Trinajstić information content (AvgIpc) is 2.89. The Labute approximate surface area is 119 Å². The van der Waals surface area contributed by atoms with E-state index < -0.39 is 0 Å². The van der Waals surface area contributed by atoms with Crippen LogP contribution >= 0.6 is 0 Å². The van der Waals surface area contributed by atoms with E-state index in [1.165, 1.54) is 5.56 Å². The SMILES string of the molecule is COc1ncc2n1CC(c1cccnc1C(C)C)NC2. The summed E-state index contributed by atoms with van der Waals surface area (Å²) in [6, 6.07) is 5.09. The molecule has 106 valence electrons. The zero-order valence-electron chi connectivity index (χ0n) is 12.1. The van der Waals surface area contributed by atoms with Gasteiger partial charge in [0.15, 0.2) is 0 Å². The molecule has 2 aromatic rings. The highest BCUT2D eigenvalue weighted by Crippen LogP contribution is 2.29. The van der Waals surface area contributed by atoms with Crippen molar-refractivity contribution in [3.05, 3.63) is 41.5 Å². The van der Waals surface area contributed by atoms with Gasteiger partial charge in [-0.2, -0.15) is 0 Å². The molecule has 0 radical (unpaired) electrons. The second-order valence-electron chi connectivity index (χ2n) is 5.41. The summed E-state index contributed by atoms with van der Waals surface area (Å²) in [5, 5.41) is 3.57. The van der Waals surface area contributed by atoms with Gasteiger partial charge in [-0.15, -0.1) is 0 Å². The van der Waals surface area contributed by atoms with E-state index in [0.29, 0.717) is 11.9 Å². The van der Waals surface area contributed by atoms with Crippen molar-refractivity contribution < 1.29 is 4.74 Å². The predicted molar refractivity (Wildman–Crippen MR) is 76.7 cm³/mol. The Morgan fingerprint density at radius 1 is 1.40 bits per heavy atom. The van der Waals surface area contributed by atoms with Gasteiger partial charge in [0.05, 0.1) is 25.0 Å². The highest BCUT2D eigenvalue weighted by Gasteiger charge is 2.25. The van der Waals surface area contributed by atoms with E-state index in [2.05, 4.69) is 39.8 Å². The van der Waals surface area contributed by atoms with Gasteiger partial charge in [0, 0.05) is 25.0 Å². The Bertz CT molecular complexity index is 592. The van der Waals surface area contributed by atoms with Crippen molar-refractivity contribution >= 4 is 0 Å². The minimum absolute atomic E-state index is 0.247. The summed E-state index contributed by atoms with van der Waals surface area (Å²) in [6.07, 6.45) is 3.74. The van der Waals surface area contributed by atoms with E-state index in [4.69, 9.17) is 4.74 Å². The lowest BCUT2D eigenvalue weighted by Crippen LogP contribution is -2.33. The van der Waals surface area contributed by atoms with Crippen LogP contribution in [-0.4, -0.2) is 21.6 Å². The Morgan fingerprint density at radius 3 is 3.00 bits per heavy atom. The van der Waals surface area contributed by atoms with Gasteiger partial charge in [-0.05, 0) is 17.5 Å². The summed E-state index contributed by atoms with van der Waals surface area (Å²) in [7, 11) is 1.66. The predicted octanol–water partition coefficient (Wildman–Crippen LogP) is 2.25. The van der Waals surface area contributed by atoms with Gasteiger partial charge in [0.2, 0.25) is 0 Å². The molecule has 5 nitrogen and oxygen atoms in total. The first-order valence-corrected chi connectivity index (χ1v) is 6.97. The number of rotatable bonds is 3. The van der Waals surface area contributed by atoms with Crippen LogP contribution in [0, 0.1) is 0 Å². The molecule has 0 aromatic carbocycles. The minimum atomic E-state index is 0.247. The molecular formula is C15H20N4O. The van der Waals surface area contributed by atoms with Crippen molar-refractivity contribution in [2.75, 3.05) is 7.11 Å². The van der Waals surface area contributed by atoms with E-state index >= 15 is 0 Å². The molecular weight excluding hydrogens is 252 g/mol. The van der Waals surface area contributed by atoms with Crippen molar-refractivity contribution in [3.63, 3.8) is 0 Å². The van der Waals surface area contributed by atoms with E-state index in [0.717, 1.165) is 24.5 Å². The fourth-order valence-electron chi connectivity index (χ4n) is 2.78. The Hall–Kier alpha value is -1.88. The molecule has 20 heavy (non-hydrogen) atoms. The van der Waals surface area contributed by atoms with E-state index in [-0.39, 0.29) is 6.04 Å². The Morgan fingerprint density at radius 2 is 2.25 bits per heavy atom. The van der Waals surface area contributed by atoms with Crippen molar-refractivity contribution in [2.24, 2.45) is 0 Å². The van der Waals surface area contributed by atoms with Crippen molar-refractivity contribution in [3.8, 4) is 6.01 Å². The number of nitrogens with one attached hydrogen (secondary N) is 1. The highest BCUT2D eigenvalue weighted by atomic mass is 16.5. The summed E-state index contributed by atoms with van der Waals surface area (Å²) in [6.45, 7) is 5.98. The van der Waals surface area contributed by atoms with Crippen LogP contribution in [0.2, 0.25) is 0 Å². The van der Waals surface area contributed by atoms with Gasteiger partial charge in [-0.1, -0.05) is 19.9 Å². The summed E-state index contributed by atoms with van der Waals surface area (Å²) >= 11 is 0. The first kappa shape index (κ1) is 13.1. The molecule has 0 fully saturated rings. The standard InChI is InChI=1S/C15H20N4O/c1-10(2)14-12(5-4-6-16-14)13-9-19-11(7-17-13)8-18-15(19)20-3/h4-6,8,10,13,17H,7,9H2,1-3H3. The third kappa shape index (κ3) is 2.18. The number of fused-ring (bicyclic) bond motifs is 1. The van der Waals surface area contributed by atoms with Gasteiger partial charge in [-0.3, -0.25) is 9.55 Å². The summed E-state index contributed by atoms with van der Waals surface area (Å²) < 4.78 is 7.46. The van der Waals surface area contributed by atoms with Gasteiger partial charge < -0.3 is 10.1 Å². The van der Waals surface area contributed by atoms with Crippen LogP contribution < -0.4 is 10.1 Å². The van der Waals surface area contributed by atoms with Gasteiger partial charge >= 0.3 is 0 Å². The van der Waals surface area contributed by atoms with Crippen LogP contribution in [0.25, 0.3) is 0 Å². The van der Waals surface area contributed by atoms with Crippen LogP contribution in [0.3, 0.4) is 0 Å². The molecule has 1 N–H and O–H groups in total. The second kappa shape index (κ2) is 5.25. The second-order valence-corrected chi connectivity index (χ2v) is 5.41. The van der Waals surface area contributed by atoms with E-state index in [1.807, 2.05) is 18.5 Å². The van der Waals surface area contributed by atoms with Gasteiger partial charge in [-0.25, -0.2) is 4.98 Å². The van der Waals surface area contributed by atoms with Crippen molar-refractivity contribution in [2.45, 2.75) is 38.9 Å². The fourth-order valence-corrected chi connectivity index (χ4v) is 2.78. The third-order valence-electron chi connectivity index (χ3n) is 3.77. The molecule has 0 amide bonds. The van der Waals surface area contributed by atoms with Crippen LogP contribution in [0.1, 0.15) is 42.8 Å². The molecule has 2 aromatic heterocycles. The molecule has 1 aliphatic heterocycles. The van der Waals surface area contributed by atoms with Crippen molar-refractivity contribution in [1.82, 2.24) is 19.9 Å². The Balaban J connectivity index is 1.94. The maximum Gasteiger partial charge on any atom is 0.296 e. The van der Waals surface area contributed by atoms with E-state index in [9.17, 15) is 0 Å². The van der Waals surface area contributed by atoms with Crippen LogP contribution in [0.15, 0.2) is 24.5 Å².